The summed E-state index contributed by atoms with van der Waals surface area (Å²) in [6, 6.07) is 5.96. The lowest BCUT2D eigenvalue weighted by atomic mass is 10.2. The van der Waals surface area contributed by atoms with E-state index in [2.05, 4.69) is 25.6 Å². The molecule has 0 spiro atoms. The maximum Gasteiger partial charge on any atom is 0.150 e. The summed E-state index contributed by atoms with van der Waals surface area (Å²) in [5.41, 5.74) is 2.68. The first-order valence-corrected chi connectivity index (χ1v) is 6.06. The first kappa shape index (κ1) is 10.2. The lowest BCUT2D eigenvalue weighted by molar-refractivity contribution is 1.09. The molecular weight excluding hydrogens is 236 g/mol. The van der Waals surface area contributed by atoms with Gasteiger partial charge in [-0.15, -0.1) is 0 Å². The fourth-order valence-corrected chi connectivity index (χ4v) is 2.34. The quantitative estimate of drug-likeness (QED) is 0.610. The summed E-state index contributed by atoms with van der Waals surface area (Å²) in [6.45, 7) is 0. The van der Waals surface area contributed by atoms with Crippen molar-refractivity contribution in [3.8, 4) is 0 Å². The highest BCUT2D eigenvalue weighted by Crippen LogP contribution is 2.19. The number of fused-ring (bicyclic) bond motifs is 2. The fourth-order valence-electron chi connectivity index (χ4n) is 2.34. The van der Waals surface area contributed by atoms with E-state index in [1.807, 2.05) is 42.6 Å². The largest absolute Gasteiger partial charge is 0.301 e. The number of rotatable bonds is 0. The second-order valence-corrected chi connectivity index (χ2v) is 4.31. The van der Waals surface area contributed by atoms with Crippen LogP contribution in [0.3, 0.4) is 0 Å². The molecule has 4 heterocycles. The van der Waals surface area contributed by atoms with Crippen molar-refractivity contribution >= 4 is 34.3 Å². The third-order valence-corrected chi connectivity index (χ3v) is 3.20. The first-order chi connectivity index (χ1) is 9.43. The summed E-state index contributed by atoms with van der Waals surface area (Å²) < 4.78 is 2.05. The lowest BCUT2D eigenvalue weighted by Crippen LogP contribution is -2.13. The van der Waals surface area contributed by atoms with Crippen LogP contribution in [0.2, 0.25) is 0 Å². The molecule has 3 aromatic heterocycles. The molecule has 0 radical (unpaired) electrons. The zero-order valence-corrected chi connectivity index (χ0v) is 10.1. The topological polar surface area (TPSA) is 43.6 Å². The van der Waals surface area contributed by atoms with Crippen LogP contribution in [0.1, 0.15) is 0 Å². The van der Waals surface area contributed by atoms with Crippen molar-refractivity contribution in [1.29, 1.82) is 0 Å². The number of hydrogen-bond acceptors (Lipinski definition) is 3. The smallest absolute Gasteiger partial charge is 0.150 e. The van der Waals surface area contributed by atoms with Gasteiger partial charge < -0.3 is 4.57 Å². The van der Waals surface area contributed by atoms with Gasteiger partial charge in [-0.05, 0) is 30.4 Å². The van der Waals surface area contributed by atoms with Crippen LogP contribution in [0.15, 0.2) is 49.0 Å². The van der Waals surface area contributed by atoms with Crippen LogP contribution < -0.4 is 5.35 Å². The Hall–Kier alpha value is -2.75. The Balaban J connectivity index is 2.38. The van der Waals surface area contributed by atoms with Crippen LogP contribution in [0.25, 0.3) is 34.3 Å². The summed E-state index contributed by atoms with van der Waals surface area (Å²) in [6.07, 6.45) is 13.4. The van der Waals surface area contributed by atoms with E-state index in [0.29, 0.717) is 0 Å². The SMILES string of the molecule is C1=CC=c2ccc3nccc4ncnc(c34)n2C=C1. The van der Waals surface area contributed by atoms with E-state index in [1.165, 1.54) is 0 Å². The van der Waals surface area contributed by atoms with Gasteiger partial charge in [0.05, 0.1) is 16.4 Å². The fraction of sp³-hybridized carbons (Fsp3) is 0. The van der Waals surface area contributed by atoms with Crippen molar-refractivity contribution < 1.29 is 0 Å². The molecule has 1 aliphatic rings. The Bertz CT molecular complexity index is 911. The van der Waals surface area contributed by atoms with E-state index in [9.17, 15) is 0 Å². The summed E-state index contributed by atoms with van der Waals surface area (Å²) in [4.78, 5) is 13.2. The predicted molar refractivity (Wildman–Crippen MR) is 75.8 cm³/mol. The molecule has 90 valence electrons. The Morgan fingerprint density at radius 3 is 2.79 bits per heavy atom. The molecule has 0 aromatic carbocycles. The number of aromatic nitrogens is 4. The number of pyridine rings is 1. The molecule has 0 unspecified atom stereocenters. The van der Waals surface area contributed by atoms with Gasteiger partial charge in [-0.3, -0.25) is 4.98 Å². The van der Waals surface area contributed by atoms with Gasteiger partial charge in [-0.2, -0.15) is 0 Å². The molecular formula is C15H10N4. The van der Waals surface area contributed by atoms with Gasteiger partial charge in [0, 0.05) is 17.7 Å². The average Bonchev–Trinajstić information content (AvgIpc) is 2.76. The second kappa shape index (κ2) is 3.88. The molecule has 3 aromatic rings. The van der Waals surface area contributed by atoms with E-state index in [0.717, 1.165) is 27.4 Å². The molecule has 4 nitrogen and oxygen atoms in total. The van der Waals surface area contributed by atoms with Crippen molar-refractivity contribution in [3.63, 3.8) is 0 Å². The Kier molecular flexibility index (Phi) is 2.08. The molecule has 0 bridgehead atoms. The number of nitrogens with zero attached hydrogens (tertiary/aromatic N) is 4. The Morgan fingerprint density at radius 2 is 1.79 bits per heavy atom. The highest BCUT2D eigenvalue weighted by molar-refractivity contribution is 6.03. The van der Waals surface area contributed by atoms with E-state index >= 15 is 0 Å². The van der Waals surface area contributed by atoms with Crippen LogP contribution in [0, 0.1) is 0 Å². The number of allylic oxidation sites excluding steroid dienone is 3. The predicted octanol–water partition coefficient (Wildman–Crippen LogP) is 2.08. The van der Waals surface area contributed by atoms with E-state index in [1.54, 1.807) is 12.5 Å². The molecule has 19 heavy (non-hydrogen) atoms. The maximum absolute atomic E-state index is 4.44. The van der Waals surface area contributed by atoms with Crippen LogP contribution in [0.5, 0.6) is 0 Å². The van der Waals surface area contributed by atoms with Crippen LogP contribution >= 0.6 is 0 Å². The molecule has 4 rings (SSSR count). The van der Waals surface area contributed by atoms with E-state index in [-0.39, 0.29) is 0 Å². The summed E-state index contributed by atoms with van der Waals surface area (Å²) in [5, 5.41) is 2.04. The third-order valence-electron chi connectivity index (χ3n) is 3.20. The molecule has 0 saturated heterocycles. The van der Waals surface area contributed by atoms with Gasteiger partial charge in [0.15, 0.2) is 5.65 Å². The highest BCUT2D eigenvalue weighted by atomic mass is 15.0. The third kappa shape index (κ3) is 1.50. The summed E-state index contributed by atoms with van der Waals surface area (Å²) in [7, 11) is 0. The molecule has 0 aliphatic carbocycles. The minimum Gasteiger partial charge on any atom is -0.301 e. The zero-order valence-electron chi connectivity index (χ0n) is 10.1. The maximum atomic E-state index is 4.44. The average molecular weight is 246 g/mol. The van der Waals surface area contributed by atoms with E-state index < -0.39 is 0 Å². The molecule has 1 aliphatic heterocycles. The monoisotopic (exact) mass is 246 g/mol. The Labute approximate surface area is 109 Å². The van der Waals surface area contributed by atoms with Crippen molar-refractivity contribution in [3.05, 3.63) is 54.3 Å². The standard InChI is InChI=1S/C15H10N4/c1-2-4-11-5-6-12-14-13(7-8-16-12)17-10-18-15(14)19(11)9-3-1/h1-10H. The van der Waals surface area contributed by atoms with Gasteiger partial charge in [-0.1, -0.05) is 12.2 Å². The summed E-state index contributed by atoms with van der Waals surface area (Å²) in [5.74, 6) is 0. The molecule has 0 saturated carbocycles. The second-order valence-electron chi connectivity index (χ2n) is 4.31. The van der Waals surface area contributed by atoms with Crippen LogP contribution in [0.4, 0.5) is 0 Å². The highest BCUT2D eigenvalue weighted by Gasteiger charge is 2.06. The minimum atomic E-state index is 0.865. The lowest BCUT2D eigenvalue weighted by Gasteiger charge is -2.03. The van der Waals surface area contributed by atoms with Gasteiger partial charge >= 0.3 is 0 Å². The van der Waals surface area contributed by atoms with Crippen molar-refractivity contribution in [2.75, 3.05) is 0 Å². The molecule has 0 amide bonds. The van der Waals surface area contributed by atoms with Crippen molar-refractivity contribution in [1.82, 2.24) is 19.5 Å². The normalized spacial score (nSPS) is 13.3. The first-order valence-electron chi connectivity index (χ1n) is 6.06. The van der Waals surface area contributed by atoms with Gasteiger partial charge in [0.1, 0.15) is 6.33 Å². The van der Waals surface area contributed by atoms with E-state index in [4.69, 9.17) is 0 Å². The zero-order chi connectivity index (χ0) is 12.7. The molecule has 0 N–H and O–H groups in total. The van der Waals surface area contributed by atoms with Gasteiger partial charge in [0.2, 0.25) is 0 Å². The molecule has 0 atom stereocenters. The van der Waals surface area contributed by atoms with Gasteiger partial charge in [-0.25, -0.2) is 9.97 Å². The summed E-state index contributed by atoms with van der Waals surface area (Å²) >= 11 is 0. The molecule has 4 heteroatoms. The number of hydrogen-bond donors (Lipinski definition) is 0. The minimum absolute atomic E-state index is 0.865. The van der Waals surface area contributed by atoms with Crippen LogP contribution in [-0.2, 0) is 0 Å². The van der Waals surface area contributed by atoms with Gasteiger partial charge in [0.25, 0.3) is 0 Å². The van der Waals surface area contributed by atoms with Crippen molar-refractivity contribution in [2.24, 2.45) is 0 Å². The van der Waals surface area contributed by atoms with Crippen molar-refractivity contribution in [2.45, 2.75) is 0 Å². The van der Waals surface area contributed by atoms with Crippen LogP contribution in [-0.4, -0.2) is 19.5 Å². The Morgan fingerprint density at radius 1 is 0.842 bits per heavy atom. The molecule has 0 fully saturated rings.